The number of benzene rings is 5. The summed E-state index contributed by atoms with van der Waals surface area (Å²) in [6, 6.07) is 42.1. The number of carboxylic acids is 1. The number of carbonyl (C=O) groups excluding carboxylic acids is 6. The van der Waals surface area contributed by atoms with E-state index in [1.54, 1.807) is 61.7 Å². The SMILES string of the molecule is C=C=C.CC(C)(C)OC(=O)N1CCCC(c2cccc(C(=O)O)c2)C1.CC(C)(C)OC(=O)N1CCCC(c2cccc(N)c2)C1.CN.CNC(=O)Nc1cccc(C2CCCN(C(=O)OC(C)(C)C)C2)c1.CNC(=O)Nc1cccc(C2CCCN(c3ncnc4[nH]ccc34)C2)c1.CNC(=O)Nc1cccc(C2CCCNC2)c1.Clc1ncnc2[nH]ccc12. The van der Waals surface area contributed by atoms with Gasteiger partial charge >= 0.3 is 42.3 Å². The molecule has 5 atom stereocenters. The van der Waals surface area contributed by atoms with E-state index in [1.165, 1.54) is 42.9 Å². The van der Waals surface area contributed by atoms with E-state index in [-0.39, 0.29) is 53.8 Å². The molecular formula is C93H128ClN19O11. The zero-order valence-corrected chi connectivity index (χ0v) is 74.9. The number of carbonyl (C=O) groups is 7. The lowest BCUT2D eigenvalue weighted by Gasteiger charge is -2.34. The van der Waals surface area contributed by atoms with Gasteiger partial charge < -0.3 is 97.6 Å². The summed E-state index contributed by atoms with van der Waals surface area (Å²) in [6.07, 6.45) is 16.5. The third-order valence-corrected chi connectivity index (χ3v) is 20.7. The van der Waals surface area contributed by atoms with E-state index in [0.717, 1.165) is 152 Å². The molecule has 0 saturated carbocycles. The van der Waals surface area contributed by atoms with Gasteiger partial charge in [0.15, 0.2) is 0 Å². The summed E-state index contributed by atoms with van der Waals surface area (Å²) in [6.45, 7) is 31.2. The molecule has 5 saturated heterocycles. The van der Waals surface area contributed by atoms with Crippen molar-refractivity contribution in [1.29, 1.82) is 0 Å². The summed E-state index contributed by atoms with van der Waals surface area (Å²) in [5.41, 5.74) is 22.1. The first-order valence-corrected chi connectivity index (χ1v) is 42.5. The Morgan fingerprint density at radius 3 is 1.23 bits per heavy atom. The first-order chi connectivity index (χ1) is 59.2. The van der Waals surface area contributed by atoms with Crippen molar-refractivity contribution in [2.75, 3.05) is 120 Å². The van der Waals surface area contributed by atoms with Crippen LogP contribution in [0.4, 0.5) is 57.3 Å². The van der Waals surface area contributed by atoms with Gasteiger partial charge in [0.1, 0.15) is 51.7 Å². The van der Waals surface area contributed by atoms with Gasteiger partial charge in [-0.2, -0.15) is 0 Å². The molecule has 5 fully saturated rings. The number of nitrogens with one attached hydrogen (secondary N) is 9. The number of rotatable bonds is 10. The van der Waals surface area contributed by atoms with Gasteiger partial charge in [-0.15, -0.1) is 5.73 Å². The average Bonchev–Trinajstić information content (AvgIpc) is 1.56. The number of likely N-dealkylation sites (tertiary alicyclic amines) is 3. The maximum Gasteiger partial charge on any atom is 0.410 e. The van der Waals surface area contributed by atoms with Crippen LogP contribution in [0.25, 0.3) is 22.1 Å². The molecule has 5 aliphatic rings. The van der Waals surface area contributed by atoms with Crippen LogP contribution in [0.15, 0.2) is 177 Å². The molecule has 30 nitrogen and oxygen atoms in total. The van der Waals surface area contributed by atoms with Crippen molar-refractivity contribution in [2.24, 2.45) is 5.73 Å². The van der Waals surface area contributed by atoms with Gasteiger partial charge in [-0.3, -0.25) is 0 Å². The van der Waals surface area contributed by atoms with E-state index in [9.17, 15) is 33.6 Å². The zero-order chi connectivity index (χ0) is 90.5. The Labute approximate surface area is 734 Å². The van der Waals surface area contributed by atoms with Gasteiger partial charge in [-0.25, -0.2) is 53.5 Å². The van der Waals surface area contributed by atoms with E-state index in [4.69, 9.17) is 36.7 Å². The van der Waals surface area contributed by atoms with Crippen LogP contribution in [0.5, 0.6) is 0 Å². The lowest BCUT2D eigenvalue weighted by atomic mass is 9.90. The highest BCUT2D eigenvalue weighted by Crippen LogP contribution is 2.36. The van der Waals surface area contributed by atoms with Crippen LogP contribution in [0.1, 0.15) is 194 Å². The van der Waals surface area contributed by atoms with Crippen LogP contribution in [-0.2, 0) is 14.2 Å². The molecule has 0 radical (unpaired) electrons. The van der Waals surface area contributed by atoms with Crippen molar-refractivity contribution in [2.45, 2.75) is 173 Å². The lowest BCUT2D eigenvalue weighted by Crippen LogP contribution is -2.42. The molecule has 4 aromatic heterocycles. The fourth-order valence-electron chi connectivity index (χ4n) is 14.7. The van der Waals surface area contributed by atoms with Gasteiger partial charge in [-0.05, 0) is 247 Å². The minimum absolute atomic E-state index is 0.153. The second kappa shape index (κ2) is 49.2. The number of aromatic carboxylic acids is 1. The molecular weight excluding hydrogens is 1590 g/mol. The number of hydrogen-bond acceptors (Lipinski definition) is 18. The lowest BCUT2D eigenvalue weighted by molar-refractivity contribution is 0.0188. The van der Waals surface area contributed by atoms with Crippen LogP contribution in [0, 0.1) is 0 Å². The molecule has 5 aliphatic heterocycles. The van der Waals surface area contributed by atoms with Crippen LogP contribution >= 0.6 is 11.6 Å². The molecule has 31 heteroatoms. The van der Waals surface area contributed by atoms with Gasteiger partial charge in [-0.1, -0.05) is 85.4 Å². The molecule has 124 heavy (non-hydrogen) atoms. The van der Waals surface area contributed by atoms with Crippen LogP contribution < -0.4 is 53.6 Å². The minimum atomic E-state index is -0.929. The smallest absolute Gasteiger partial charge is 0.410 e. The van der Waals surface area contributed by atoms with Crippen LogP contribution in [-0.4, -0.2) is 202 Å². The standard InChI is InChI=1S/C19H22N6O.C18H27N3O3.C17H23NO4.C16H24N2O2.C13H19N3O.C6H4ClN3.C3H4.CH5N/c1-20-19(26)24-15-6-2-4-13(10-15)14-5-3-9-25(11-14)18-16-7-8-21-17(16)22-12-23-18;1-18(2,3)24-17(23)21-10-6-8-14(12-21)13-7-5-9-15(11-13)20-16(22)19-4;1-17(2,3)22-16(21)18-9-5-8-14(11-18)12-6-4-7-13(10-12)15(19)20;1-16(2,3)20-15(19)18-9-5-7-13(11-18)12-6-4-8-14(17)10-12;1-14-13(17)16-12-6-2-4-10(8-12)11-5-3-7-15-9-11;7-5-4-1-2-8-6(4)10-3-9-5;1-3-2;1-2/h2,4,6-8,10,12,14H,3,5,9,11H2,1H3,(H2,20,24,26)(H,21,22,23);5,7,9,11,14H,6,8,10,12H2,1-4H3,(H2,19,20,22);4,6-7,10,14H,5,8-9,11H2,1-3H3,(H,19,20);4,6,8,10,13H,5,7,9,11,17H2,1-3H3;2,4,6,8,11,15H,3,5,7,9H2,1H3,(H2,14,16,17);1-3H,(H,8,9,10);1-2H2;2H2,1H3. The number of piperidine rings is 5. The number of aromatic nitrogens is 6. The molecule has 14 N–H and O–H groups in total. The molecule has 0 spiro atoms. The number of aromatic amines is 2. The Hall–Kier alpha value is -12.2. The maximum absolute atomic E-state index is 12.3. The van der Waals surface area contributed by atoms with Gasteiger partial charge in [0.25, 0.3) is 0 Å². The molecule has 0 aliphatic carbocycles. The highest BCUT2D eigenvalue weighted by molar-refractivity contribution is 6.33. The molecule has 14 rings (SSSR count). The second-order valence-corrected chi connectivity index (χ2v) is 33.7. The number of amides is 9. The van der Waals surface area contributed by atoms with Crippen molar-refractivity contribution in [1.82, 2.24) is 65.9 Å². The van der Waals surface area contributed by atoms with Gasteiger partial charge in [0.05, 0.1) is 16.3 Å². The Morgan fingerprint density at radius 2 is 0.839 bits per heavy atom. The Balaban J connectivity index is 0.000000205. The number of fused-ring (bicyclic) bond motifs is 2. The third-order valence-electron chi connectivity index (χ3n) is 20.4. The fourth-order valence-corrected chi connectivity index (χ4v) is 14.9. The molecule has 0 bridgehead atoms. The number of halogens is 1. The van der Waals surface area contributed by atoms with Crippen molar-refractivity contribution in [3.8, 4) is 0 Å². The molecule has 668 valence electrons. The third kappa shape index (κ3) is 32.9. The largest absolute Gasteiger partial charge is 0.478 e. The van der Waals surface area contributed by atoms with Crippen molar-refractivity contribution >= 4 is 105 Å². The number of H-pyrrole nitrogens is 2. The highest BCUT2D eigenvalue weighted by atomic mass is 35.5. The molecule has 9 amide bonds. The number of urea groups is 3. The van der Waals surface area contributed by atoms with E-state index >= 15 is 0 Å². The summed E-state index contributed by atoms with van der Waals surface area (Å²) in [4.78, 5) is 112. The first-order valence-electron chi connectivity index (χ1n) is 42.2. The molecule has 9 aromatic rings. The average molecular weight is 1720 g/mol. The Morgan fingerprint density at radius 1 is 0.476 bits per heavy atom. The molecule has 5 aromatic carbocycles. The van der Waals surface area contributed by atoms with Crippen molar-refractivity contribution < 1.29 is 52.9 Å². The Bertz CT molecular complexity index is 4930. The summed E-state index contributed by atoms with van der Waals surface area (Å²) >= 11 is 5.73. The number of carboxylic acid groups (broad SMARTS) is 1. The van der Waals surface area contributed by atoms with Crippen molar-refractivity contribution in [3.63, 3.8) is 0 Å². The number of anilines is 5. The molecule has 5 unspecified atom stereocenters. The van der Waals surface area contributed by atoms with Crippen molar-refractivity contribution in [3.05, 3.63) is 216 Å². The molecule has 9 heterocycles. The van der Waals surface area contributed by atoms with E-state index < -0.39 is 22.8 Å². The van der Waals surface area contributed by atoms with Crippen LogP contribution in [0.2, 0.25) is 5.15 Å². The van der Waals surface area contributed by atoms with Gasteiger partial charge in [0, 0.05) is 139 Å². The van der Waals surface area contributed by atoms with E-state index in [2.05, 4.69) is 127 Å². The summed E-state index contributed by atoms with van der Waals surface area (Å²) in [5.74, 6) is 1.77. The normalized spacial score (nSPS) is 17.3. The minimum Gasteiger partial charge on any atom is -0.478 e. The number of nitrogens with zero attached hydrogens (tertiary/aromatic N) is 8. The van der Waals surface area contributed by atoms with Gasteiger partial charge in [0.2, 0.25) is 0 Å². The highest BCUT2D eigenvalue weighted by Gasteiger charge is 2.33. The first kappa shape index (κ1) is 98.9. The summed E-state index contributed by atoms with van der Waals surface area (Å²) in [7, 11) is 6.31. The fraction of sp³-hybridized carbons (Fsp3) is 0.441. The van der Waals surface area contributed by atoms with E-state index in [0.29, 0.717) is 49.1 Å². The number of ether oxygens (including phenoxy) is 3. The quantitative estimate of drug-likeness (QED) is 0.0262. The monoisotopic (exact) mass is 1720 g/mol. The zero-order valence-electron chi connectivity index (χ0n) is 74.1. The van der Waals surface area contributed by atoms with E-state index in [1.807, 2.05) is 158 Å². The number of hydrogen-bond donors (Lipinski definition) is 12. The number of nitrogen functional groups attached to an aromatic ring is 1. The topological polar surface area (TPSA) is 400 Å². The summed E-state index contributed by atoms with van der Waals surface area (Å²) < 4.78 is 16.3. The maximum atomic E-state index is 12.3. The predicted molar refractivity (Wildman–Crippen MR) is 494 cm³/mol. The Kier molecular flexibility index (Phi) is 39.2. The number of nitrogens with two attached hydrogens (primary N) is 2. The van der Waals surface area contributed by atoms with Crippen LogP contribution in [0.3, 0.4) is 0 Å². The second-order valence-electron chi connectivity index (χ2n) is 33.3. The predicted octanol–water partition coefficient (Wildman–Crippen LogP) is 17.6. The summed E-state index contributed by atoms with van der Waals surface area (Å²) in [5, 5.41) is 31.0.